The van der Waals surface area contributed by atoms with Gasteiger partial charge < -0.3 is 20.1 Å². The van der Waals surface area contributed by atoms with E-state index in [-0.39, 0.29) is 0 Å². The van der Waals surface area contributed by atoms with Gasteiger partial charge in [-0.05, 0) is 17.7 Å². The summed E-state index contributed by atoms with van der Waals surface area (Å²) in [5.41, 5.74) is 1.26. The molecule has 4 nitrogen and oxygen atoms in total. The Labute approximate surface area is 94.9 Å². The molecule has 0 bridgehead atoms. The lowest BCUT2D eigenvalue weighted by Gasteiger charge is -2.26. The van der Waals surface area contributed by atoms with Crippen LogP contribution in [0.5, 0.6) is 11.5 Å². The Balaban J connectivity index is 1.84. The van der Waals surface area contributed by atoms with Crippen molar-refractivity contribution < 1.29 is 9.47 Å². The molecule has 1 saturated heterocycles. The van der Waals surface area contributed by atoms with Crippen molar-refractivity contribution in [2.75, 3.05) is 32.8 Å². The van der Waals surface area contributed by atoms with Crippen molar-refractivity contribution in [3.05, 3.63) is 23.8 Å². The van der Waals surface area contributed by atoms with Crippen molar-refractivity contribution in [2.45, 2.75) is 6.04 Å². The van der Waals surface area contributed by atoms with Gasteiger partial charge in [0.2, 0.25) is 0 Å². The highest BCUT2D eigenvalue weighted by molar-refractivity contribution is 5.44. The van der Waals surface area contributed by atoms with Crippen molar-refractivity contribution in [2.24, 2.45) is 0 Å². The fraction of sp³-hybridized carbons (Fsp3) is 0.500. The van der Waals surface area contributed by atoms with Gasteiger partial charge in [0.05, 0.1) is 0 Å². The summed E-state index contributed by atoms with van der Waals surface area (Å²) in [6.07, 6.45) is 0. The molecule has 4 heteroatoms. The molecule has 0 unspecified atom stereocenters. The van der Waals surface area contributed by atoms with Crippen molar-refractivity contribution in [3.8, 4) is 11.5 Å². The molecular weight excluding hydrogens is 204 g/mol. The number of fused-ring (bicyclic) bond motifs is 1. The van der Waals surface area contributed by atoms with E-state index in [1.165, 1.54) is 5.56 Å². The Hall–Kier alpha value is -1.26. The average Bonchev–Trinajstić information content (AvgIpc) is 2.39. The SMILES string of the molecule is c1cc2c(cc1[C@@H]1CNCCN1)OCCO2. The van der Waals surface area contributed by atoms with Crippen LogP contribution in [0.3, 0.4) is 0 Å². The highest BCUT2D eigenvalue weighted by Gasteiger charge is 2.18. The van der Waals surface area contributed by atoms with Gasteiger partial charge in [-0.1, -0.05) is 6.07 Å². The van der Waals surface area contributed by atoms with E-state index in [0.717, 1.165) is 31.1 Å². The topological polar surface area (TPSA) is 42.5 Å². The molecule has 1 aromatic rings. The molecular formula is C12H16N2O2. The third kappa shape index (κ3) is 1.86. The lowest BCUT2D eigenvalue weighted by molar-refractivity contribution is 0.171. The number of ether oxygens (including phenoxy) is 2. The first-order valence-electron chi connectivity index (χ1n) is 5.77. The molecule has 1 fully saturated rings. The Morgan fingerprint density at radius 2 is 1.94 bits per heavy atom. The van der Waals surface area contributed by atoms with E-state index < -0.39 is 0 Å². The van der Waals surface area contributed by atoms with Gasteiger partial charge in [-0.25, -0.2) is 0 Å². The van der Waals surface area contributed by atoms with Gasteiger partial charge in [0.25, 0.3) is 0 Å². The summed E-state index contributed by atoms with van der Waals surface area (Å²) in [6.45, 7) is 4.32. The molecule has 2 N–H and O–H groups in total. The minimum Gasteiger partial charge on any atom is -0.486 e. The maximum absolute atomic E-state index is 5.58. The summed E-state index contributed by atoms with van der Waals surface area (Å²) < 4.78 is 11.1. The standard InChI is InChI=1S/C12H16N2O2/c1-2-11-12(16-6-5-15-11)7-9(1)10-8-13-3-4-14-10/h1-2,7,10,13-14H,3-6,8H2/t10-/m0/s1. The van der Waals surface area contributed by atoms with Crippen LogP contribution in [0, 0.1) is 0 Å². The molecule has 0 amide bonds. The molecule has 1 aromatic carbocycles. The first-order chi connectivity index (χ1) is 7.93. The van der Waals surface area contributed by atoms with Crippen LogP contribution in [0.2, 0.25) is 0 Å². The van der Waals surface area contributed by atoms with Gasteiger partial charge in [0.1, 0.15) is 13.2 Å². The van der Waals surface area contributed by atoms with Gasteiger partial charge in [-0.3, -0.25) is 0 Å². The molecule has 2 aliphatic rings. The van der Waals surface area contributed by atoms with Gasteiger partial charge in [-0.15, -0.1) is 0 Å². The molecule has 86 valence electrons. The predicted molar refractivity (Wildman–Crippen MR) is 61.0 cm³/mol. The zero-order valence-electron chi connectivity index (χ0n) is 9.16. The Bertz CT molecular complexity index is 375. The molecule has 16 heavy (non-hydrogen) atoms. The van der Waals surface area contributed by atoms with E-state index in [1.807, 2.05) is 6.07 Å². The summed E-state index contributed by atoms with van der Waals surface area (Å²) in [6, 6.07) is 6.57. The first-order valence-corrected chi connectivity index (χ1v) is 5.77. The molecule has 0 saturated carbocycles. The second-order valence-corrected chi connectivity index (χ2v) is 4.11. The van der Waals surface area contributed by atoms with Crippen molar-refractivity contribution in [1.82, 2.24) is 10.6 Å². The summed E-state index contributed by atoms with van der Waals surface area (Å²) in [7, 11) is 0. The molecule has 0 aliphatic carbocycles. The molecule has 3 rings (SSSR count). The van der Waals surface area contributed by atoms with Crippen LogP contribution in [-0.4, -0.2) is 32.8 Å². The lowest BCUT2D eigenvalue weighted by atomic mass is 10.0. The summed E-state index contributed by atoms with van der Waals surface area (Å²) >= 11 is 0. The fourth-order valence-corrected chi connectivity index (χ4v) is 2.17. The Morgan fingerprint density at radius 3 is 2.75 bits per heavy atom. The Morgan fingerprint density at radius 1 is 1.06 bits per heavy atom. The molecule has 1 atom stereocenters. The zero-order chi connectivity index (χ0) is 10.8. The molecule has 0 aromatic heterocycles. The third-order valence-corrected chi connectivity index (χ3v) is 3.01. The predicted octanol–water partition coefficient (Wildman–Crippen LogP) is 0.692. The minimum atomic E-state index is 0.379. The molecule has 2 heterocycles. The molecule has 0 radical (unpaired) electrons. The van der Waals surface area contributed by atoms with Crippen LogP contribution in [0.25, 0.3) is 0 Å². The summed E-state index contributed by atoms with van der Waals surface area (Å²) in [5, 5.41) is 6.86. The quantitative estimate of drug-likeness (QED) is 0.731. The number of hydrogen-bond donors (Lipinski definition) is 2. The third-order valence-electron chi connectivity index (χ3n) is 3.01. The first kappa shape index (κ1) is 9.93. The van der Waals surface area contributed by atoms with Crippen LogP contribution in [0.15, 0.2) is 18.2 Å². The normalized spacial score (nSPS) is 24.1. The smallest absolute Gasteiger partial charge is 0.161 e. The monoisotopic (exact) mass is 220 g/mol. The van der Waals surface area contributed by atoms with Gasteiger partial charge >= 0.3 is 0 Å². The van der Waals surface area contributed by atoms with Crippen molar-refractivity contribution in [1.29, 1.82) is 0 Å². The number of piperazine rings is 1. The van der Waals surface area contributed by atoms with Crippen LogP contribution in [0.1, 0.15) is 11.6 Å². The van der Waals surface area contributed by atoms with E-state index in [9.17, 15) is 0 Å². The van der Waals surface area contributed by atoms with E-state index in [2.05, 4.69) is 22.8 Å². The maximum Gasteiger partial charge on any atom is 0.161 e. The maximum atomic E-state index is 5.58. The zero-order valence-corrected chi connectivity index (χ0v) is 9.16. The largest absolute Gasteiger partial charge is 0.486 e. The average molecular weight is 220 g/mol. The van der Waals surface area contributed by atoms with Crippen molar-refractivity contribution >= 4 is 0 Å². The number of nitrogens with one attached hydrogen (secondary N) is 2. The van der Waals surface area contributed by atoms with Crippen LogP contribution < -0.4 is 20.1 Å². The highest BCUT2D eigenvalue weighted by Crippen LogP contribution is 2.32. The second kappa shape index (κ2) is 4.31. The highest BCUT2D eigenvalue weighted by atomic mass is 16.6. The van der Waals surface area contributed by atoms with E-state index in [1.54, 1.807) is 0 Å². The van der Waals surface area contributed by atoms with Crippen LogP contribution >= 0.6 is 0 Å². The van der Waals surface area contributed by atoms with E-state index in [0.29, 0.717) is 19.3 Å². The molecule has 2 aliphatic heterocycles. The van der Waals surface area contributed by atoms with Gasteiger partial charge in [-0.2, -0.15) is 0 Å². The minimum absolute atomic E-state index is 0.379. The van der Waals surface area contributed by atoms with Crippen LogP contribution in [-0.2, 0) is 0 Å². The van der Waals surface area contributed by atoms with Crippen LogP contribution in [0.4, 0.5) is 0 Å². The van der Waals surface area contributed by atoms with Crippen molar-refractivity contribution in [3.63, 3.8) is 0 Å². The van der Waals surface area contributed by atoms with E-state index in [4.69, 9.17) is 9.47 Å². The Kier molecular flexibility index (Phi) is 2.68. The van der Waals surface area contributed by atoms with Gasteiger partial charge in [0.15, 0.2) is 11.5 Å². The number of hydrogen-bond acceptors (Lipinski definition) is 4. The van der Waals surface area contributed by atoms with Gasteiger partial charge in [0, 0.05) is 25.7 Å². The molecule has 0 spiro atoms. The summed E-state index contributed by atoms with van der Waals surface area (Å²) in [4.78, 5) is 0. The lowest BCUT2D eigenvalue weighted by Crippen LogP contribution is -2.42. The summed E-state index contributed by atoms with van der Waals surface area (Å²) in [5.74, 6) is 1.73. The van der Waals surface area contributed by atoms with E-state index >= 15 is 0 Å². The number of rotatable bonds is 1. The fourth-order valence-electron chi connectivity index (χ4n) is 2.17. The second-order valence-electron chi connectivity index (χ2n) is 4.11. The number of benzene rings is 1.